The summed E-state index contributed by atoms with van der Waals surface area (Å²) in [5.41, 5.74) is 1.60. The number of nitrogens with one attached hydrogen (secondary N) is 1. The van der Waals surface area contributed by atoms with Crippen LogP contribution in [0.5, 0.6) is 0 Å². The molecular weight excluding hydrogens is 334 g/mol. The quantitative estimate of drug-likeness (QED) is 0.550. The van der Waals surface area contributed by atoms with Gasteiger partial charge in [-0.2, -0.15) is 0 Å². The highest BCUT2D eigenvalue weighted by Gasteiger charge is 2.26. The lowest BCUT2D eigenvalue weighted by molar-refractivity contribution is -0.383. The van der Waals surface area contributed by atoms with Crippen molar-refractivity contribution >= 4 is 28.6 Å². The molecule has 7 heteroatoms. The molecule has 0 spiro atoms. The first kappa shape index (κ1) is 16.1. The molecule has 1 aliphatic heterocycles. The number of hydrogen-bond donors (Lipinski definition) is 1. The third-order valence-electron chi connectivity index (χ3n) is 4.57. The van der Waals surface area contributed by atoms with Crippen LogP contribution in [0.2, 0.25) is 0 Å². The van der Waals surface area contributed by atoms with E-state index in [-0.39, 0.29) is 17.6 Å². The van der Waals surface area contributed by atoms with Crippen LogP contribution >= 0.6 is 0 Å². The molecule has 7 nitrogen and oxygen atoms in total. The number of hydrogen-bond acceptors (Lipinski definition) is 4. The molecule has 2 aromatic carbocycles. The topological polar surface area (TPSA) is 88.6 Å². The first-order chi connectivity index (χ1) is 12.6. The molecule has 2 amide bonds. The molecule has 1 aliphatic rings. The van der Waals surface area contributed by atoms with E-state index < -0.39 is 4.92 Å². The number of urea groups is 1. The molecule has 0 bridgehead atoms. The fraction of sp³-hybridized carbons (Fsp3) is 0.211. The average molecular weight is 351 g/mol. The highest BCUT2D eigenvalue weighted by Crippen LogP contribution is 2.42. The molecule has 4 rings (SSSR count). The molecule has 2 heterocycles. The normalized spacial score (nSPS) is 13.9. The van der Waals surface area contributed by atoms with Gasteiger partial charge in [-0.15, -0.1) is 0 Å². The maximum absolute atomic E-state index is 12.5. The van der Waals surface area contributed by atoms with Gasteiger partial charge in [-0.05, 0) is 24.5 Å². The van der Waals surface area contributed by atoms with Crippen LogP contribution in [0.4, 0.5) is 16.4 Å². The Morgan fingerprint density at radius 2 is 1.81 bits per heavy atom. The van der Waals surface area contributed by atoms with Crippen LogP contribution in [-0.4, -0.2) is 28.9 Å². The van der Waals surface area contributed by atoms with E-state index in [1.807, 2.05) is 30.3 Å². The molecule has 1 fully saturated rings. The van der Waals surface area contributed by atoms with Gasteiger partial charge < -0.3 is 9.32 Å². The van der Waals surface area contributed by atoms with Gasteiger partial charge in [0.25, 0.3) is 5.69 Å². The summed E-state index contributed by atoms with van der Waals surface area (Å²) < 4.78 is 5.81. The van der Waals surface area contributed by atoms with E-state index in [0.717, 1.165) is 18.4 Å². The minimum absolute atomic E-state index is 0.0493. The zero-order valence-electron chi connectivity index (χ0n) is 14.0. The zero-order valence-corrected chi connectivity index (χ0v) is 14.0. The summed E-state index contributed by atoms with van der Waals surface area (Å²) >= 11 is 0. The smallest absolute Gasteiger partial charge is 0.324 e. The Kier molecular flexibility index (Phi) is 4.04. The number of benzene rings is 2. The van der Waals surface area contributed by atoms with Crippen molar-refractivity contribution in [2.75, 3.05) is 18.4 Å². The Morgan fingerprint density at radius 1 is 1.08 bits per heavy atom. The van der Waals surface area contributed by atoms with Gasteiger partial charge in [0, 0.05) is 19.2 Å². The number of likely N-dealkylation sites (tertiary alicyclic amines) is 1. The number of rotatable bonds is 3. The van der Waals surface area contributed by atoms with Crippen molar-refractivity contribution in [3.63, 3.8) is 0 Å². The Labute approximate surface area is 149 Å². The van der Waals surface area contributed by atoms with Gasteiger partial charge in [-0.25, -0.2) is 4.79 Å². The van der Waals surface area contributed by atoms with E-state index in [1.165, 1.54) is 6.07 Å². The molecule has 26 heavy (non-hydrogen) atoms. The summed E-state index contributed by atoms with van der Waals surface area (Å²) in [4.78, 5) is 25.3. The second kappa shape index (κ2) is 6.51. The van der Waals surface area contributed by atoms with Gasteiger partial charge >= 0.3 is 6.03 Å². The van der Waals surface area contributed by atoms with Gasteiger partial charge in [0.1, 0.15) is 11.0 Å². The number of fused-ring (bicyclic) bond motifs is 1. The zero-order chi connectivity index (χ0) is 18.1. The van der Waals surface area contributed by atoms with Crippen molar-refractivity contribution in [2.24, 2.45) is 0 Å². The number of nitrogens with zero attached hydrogens (tertiary/aromatic N) is 2. The van der Waals surface area contributed by atoms with Crippen molar-refractivity contribution in [3.8, 4) is 11.1 Å². The second-order valence-electron chi connectivity index (χ2n) is 6.20. The first-order valence-corrected chi connectivity index (χ1v) is 8.46. The van der Waals surface area contributed by atoms with Crippen molar-refractivity contribution in [1.29, 1.82) is 0 Å². The number of nitro benzene ring substituents is 1. The first-order valence-electron chi connectivity index (χ1n) is 8.46. The minimum Gasteiger partial charge on any atom is -0.439 e. The molecule has 0 aliphatic carbocycles. The molecular formula is C19H17N3O4. The van der Waals surface area contributed by atoms with Crippen molar-refractivity contribution in [2.45, 2.75) is 12.8 Å². The van der Waals surface area contributed by atoms with Gasteiger partial charge in [-0.1, -0.05) is 36.4 Å². The SMILES string of the molecule is O=C(Nc1oc2cccc([N+](=O)[O-])c2c1-c1ccccc1)N1CCCC1. The summed E-state index contributed by atoms with van der Waals surface area (Å²) in [7, 11) is 0. The van der Waals surface area contributed by atoms with E-state index in [4.69, 9.17) is 4.42 Å². The van der Waals surface area contributed by atoms with Crippen LogP contribution in [0, 0.1) is 10.1 Å². The van der Waals surface area contributed by atoms with Crippen LogP contribution in [0.3, 0.4) is 0 Å². The lowest BCUT2D eigenvalue weighted by Gasteiger charge is -2.15. The van der Waals surface area contributed by atoms with Crippen molar-refractivity contribution in [3.05, 3.63) is 58.6 Å². The van der Waals surface area contributed by atoms with E-state index in [2.05, 4.69) is 5.32 Å². The van der Waals surface area contributed by atoms with Crippen LogP contribution in [0.1, 0.15) is 12.8 Å². The molecule has 0 radical (unpaired) electrons. The molecule has 132 valence electrons. The molecule has 0 saturated carbocycles. The predicted octanol–water partition coefficient (Wildman–Crippen LogP) is 4.64. The Hall–Kier alpha value is -3.35. The number of carbonyl (C=O) groups is 1. The number of anilines is 1. The maximum atomic E-state index is 12.5. The van der Waals surface area contributed by atoms with Crippen LogP contribution in [0.25, 0.3) is 22.1 Å². The lowest BCUT2D eigenvalue weighted by Crippen LogP contribution is -2.32. The fourth-order valence-corrected chi connectivity index (χ4v) is 3.35. The largest absolute Gasteiger partial charge is 0.439 e. The molecule has 1 N–H and O–H groups in total. The van der Waals surface area contributed by atoms with Crippen LogP contribution < -0.4 is 5.32 Å². The summed E-state index contributed by atoms with van der Waals surface area (Å²) in [6, 6.07) is 13.7. The van der Waals surface area contributed by atoms with Gasteiger partial charge in [0.05, 0.1) is 10.5 Å². The standard InChI is InChI=1S/C19H17N3O4/c23-19(21-11-4-5-12-21)20-18-16(13-7-2-1-3-8-13)17-14(22(24)25)9-6-10-15(17)26-18/h1-3,6-10H,4-5,11-12H2,(H,20,23). The van der Waals surface area contributed by atoms with E-state index >= 15 is 0 Å². The lowest BCUT2D eigenvalue weighted by atomic mass is 10.0. The Bertz CT molecular complexity index is 975. The molecule has 0 unspecified atom stereocenters. The fourth-order valence-electron chi connectivity index (χ4n) is 3.35. The van der Waals surface area contributed by atoms with Gasteiger partial charge in [0.2, 0.25) is 5.88 Å². The van der Waals surface area contributed by atoms with Crippen molar-refractivity contribution in [1.82, 2.24) is 4.90 Å². The Balaban J connectivity index is 1.88. The molecule has 1 saturated heterocycles. The summed E-state index contributed by atoms with van der Waals surface area (Å²) in [6.45, 7) is 1.40. The monoisotopic (exact) mass is 351 g/mol. The summed E-state index contributed by atoms with van der Waals surface area (Å²) in [5.74, 6) is 0.234. The number of non-ortho nitro benzene ring substituents is 1. The van der Waals surface area contributed by atoms with Gasteiger partial charge in [-0.3, -0.25) is 15.4 Å². The minimum atomic E-state index is -0.434. The third-order valence-corrected chi connectivity index (χ3v) is 4.57. The van der Waals surface area contributed by atoms with Crippen LogP contribution in [-0.2, 0) is 0 Å². The number of amides is 2. The number of nitro groups is 1. The van der Waals surface area contributed by atoms with E-state index in [9.17, 15) is 14.9 Å². The highest BCUT2D eigenvalue weighted by molar-refractivity contribution is 6.08. The molecule has 1 aromatic heterocycles. The highest BCUT2D eigenvalue weighted by atomic mass is 16.6. The molecule has 3 aromatic rings. The van der Waals surface area contributed by atoms with Crippen molar-refractivity contribution < 1.29 is 14.1 Å². The maximum Gasteiger partial charge on any atom is 0.324 e. The number of furan rings is 1. The summed E-state index contributed by atoms with van der Waals surface area (Å²) in [6.07, 6.45) is 1.95. The molecule has 0 atom stereocenters. The predicted molar refractivity (Wildman–Crippen MR) is 98.1 cm³/mol. The Morgan fingerprint density at radius 3 is 2.50 bits per heavy atom. The third kappa shape index (κ3) is 2.77. The van der Waals surface area contributed by atoms with E-state index in [0.29, 0.717) is 29.6 Å². The van der Waals surface area contributed by atoms with Gasteiger partial charge in [0.15, 0.2) is 0 Å². The summed E-state index contributed by atoms with van der Waals surface area (Å²) in [5, 5.41) is 14.7. The number of carbonyl (C=O) groups excluding carboxylic acids is 1. The average Bonchev–Trinajstić information content (AvgIpc) is 3.29. The second-order valence-corrected chi connectivity index (χ2v) is 6.20. The van der Waals surface area contributed by atoms with Crippen LogP contribution in [0.15, 0.2) is 52.9 Å². The van der Waals surface area contributed by atoms with E-state index in [1.54, 1.807) is 17.0 Å².